The summed E-state index contributed by atoms with van der Waals surface area (Å²) in [6, 6.07) is 15.6. The summed E-state index contributed by atoms with van der Waals surface area (Å²) in [6.07, 6.45) is 5.10. The normalized spacial score (nSPS) is 16.7. The van der Waals surface area contributed by atoms with Crippen molar-refractivity contribution in [3.05, 3.63) is 59.7 Å². The first-order valence-corrected chi connectivity index (χ1v) is 10.2. The third kappa shape index (κ3) is 4.80. The van der Waals surface area contributed by atoms with Crippen LogP contribution in [0.2, 0.25) is 0 Å². The highest BCUT2D eigenvalue weighted by Crippen LogP contribution is 2.30. The van der Waals surface area contributed by atoms with Crippen LogP contribution in [0.15, 0.2) is 48.5 Å². The molecule has 152 valence electrons. The predicted octanol–water partition coefficient (Wildman–Crippen LogP) is 4.68. The molecule has 1 aliphatic heterocycles. The van der Waals surface area contributed by atoms with Gasteiger partial charge in [-0.05, 0) is 61.4 Å². The van der Waals surface area contributed by atoms with Crippen molar-refractivity contribution >= 4 is 10.9 Å². The van der Waals surface area contributed by atoms with Crippen molar-refractivity contribution < 1.29 is 19.3 Å². The molecule has 0 bridgehead atoms. The van der Waals surface area contributed by atoms with E-state index in [0.717, 1.165) is 54.5 Å². The van der Waals surface area contributed by atoms with Gasteiger partial charge in [-0.1, -0.05) is 24.3 Å². The number of methoxy groups -OCH3 is 1. The van der Waals surface area contributed by atoms with Gasteiger partial charge in [0.25, 0.3) is 0 Å². The summed E-state index contributed by atoms with van der Waals surface area (Å²) >= 11 is 0. The van der Waals surface area contributed by atoms with Gasteiger partial charge in [0.2, 0.25) is 5.88 Å². The summed E-state index contributed by atoms with van der Waals surface area (Å²) in [5, 5.41) is 11.2. The van der Waals surface area contributed by atoms with Crippen LogP contribution in [0.5, 0.6) is 17.4 Å². The molecular weight excluding hydrogens is 366 g/mol. The van der Waals surface area contributed by atoms with Crippen LogP contribution in [0.25, 0.3) is 10.9 Å². The number of para-hydroxylation sites is 1. The molecule has 1 saturated heterocycles. The van der Waals surface area contributed by atoms with Crippen LogP contribution in [0.4, 0.5) is 0 Å². The highest BCUT2D eigenvalue weighted by Gasteiger charge is 2.16. The van der Waals surface area contributed by atoms with Crippen molar-refractivity contribution in [1.82, 2.24) is 4.98 Å². The lowest BCUT2D eigenvalue weighted by Gasteiger charge is -2.22. The van der Waals surface area contributed by atoms with Gasteiger partial charge < -0.3 is 19.3 Å². The number of aromatic hydroxyl groups is 1. The summed E-state index contributed by atoms with van der Waals surface area (Å²) in [5.41, 5.74) is 3.11. The Morgan fingerprint density at radius 1 is 1.10 bits per heavy atom. The first-order chi connectivity index (χ1) is 14.2. The molecule has 1 fully saturated rings. The Bertz CT molecular complexity index is 949. The third-order valence-electron chi connectivity index (χ3n) is 5.41. The van der Waals surface area contributed by atoms with E-state index in [2.05, 4.69) is 18.2 Å². The molecule has 3 aromatic rings. The van der Waals surface area contributed by atoms with E-state index in [9.17, 15) is 5.11 Å². The van der Waals surface area contributed by atoms with E-state index in [-0.39, 0.29) is 11.9 Å². The summed E-state index contributed by atoms with van der Waals surface area (Å²) < 4.78 is 16.8. The van der Waals surface area contributed by atoms with Crippen molar-refractivity contribution in [2.75, 3.05) is 20.3 Å². The van der Waals surface area contributed by atoms with Crippen molar-refractivity contribution in [2.24, 2.45) is 0 Å². The zero-order valence-corrected chi connectivity index (χ0v) is 16.8. The molecule has 1 aromatic heterocycles. The second kappa shape index (κ2) is 9.14. The van der Waals surface area contributed by atoms with E-state index >= 15 is 0 Å². The first kappa shape index (κ1) is 19.5. The molecule has 0 spiro atoms. The Labute approximate surface area is 171 Å². The molecule has 1 N–H and O–H groups in total. The number of hydrogen-bond acceptors (Lipinski definition) is 5. The molecule has 5 nitrogen and oxygen atoms in total. The number of aromatic nitrogens is 1. The van der Waals surface area contributed by atoms with E-state index in [1.807, 2.05) is 24.3 Å². The fourth-order valence-electron chi connectivity index (χ4n) is 3.73. The number of nitrogens with zero attached hydrogens (tertiary/aromatic N) is 1. The third-order valence-corrected chi connectivity index (χ3v) is 5.41. The standard InChI is InChI=1S/C24H27NO4/c1-27-19-12-9-17(10-13-19)8-11-18-5-4-7-21-22(26)15-23(25-24(18)21)29-16-20-6-2-3-14-28-20/h4-5,7,9-10,12-13,15,20H,2-3,6,8,11,14,16H2,1H3,(H,25,26). The predicted molar refractivity (Wildman–Crippen MR) is 113 cm³/mol. The Kier molecular flexibility index (Phi) is 6.15. The minimum Gasteiger partial charge on any atom is -0.507 e. The van der Waals surface area contributed by atoms with Gasteiger partial charge in [0.15, 0.2) is 0 Å². The molecule has 5 heteroatoms. The van der Waals surface area contributed by atoms with Gasteiger partial charge in [-0.3, -0.25) is 0 Å². The lowest BCUT2D eigenvalue weighted by Crippen LogP contribution is -2.26. The number of benzene rings is 2. The van der Waals surface area contributed by atoms with Crippen LogP contribution < -0.4 is 9.47 Å². The summed E-state index contributed by atoms with van der Waals surface area (Å²) in [7, 11) is 1.67. The number of pyridine rings is 1. The molecule has 2 heterocycles. The molecule has 0 aliphatic carbocycles. The van der Waals surface area contributed by atoms with Crippen LogP contribution >= 0.6 is 0 Å². The van der Waals surface area contributed by atoms with E-state index in [1.165, 1.54) is 12.0 Å². The number of fused-ring (bicyclic) bond motifs is 1. The molecule has 4 rings (SSSR count). The molecule has 0 radical (unpaired) electrons. The molecule has 0 saturated carbocycles. The van der Waals surface area contributed by atoms with Crippen LogP contribution in [0, 0.1) is 0 Å². The Morgan fingerprint density at radius 2 is 1.97 bits per heavy atom. The lowest BCUT2D eigenvalue weighted by molar-refractivity contribution is -0.0119. The van der Waals surface area contributed by atoms with E-state index in [4.69, 9.17) is 19.2 Å². The van der Waals surface area contributed by atoms with E-state index in [0.29, 0.717) is 12.5 Å². The quantitative estimate of drug-likeness (QED) is 0.631. The Morgan fingerprint density at radius 3 is 2.72 bits per heavy atom. The number of aryl methyl sites for hydroxylation is 2. The maximum absolute atomic E-state index is 10.5. The molecule has 1 unspecified atom stereocenters. The van der Waals surface area contributed by atoms with Crippen LogP contribution in [0.3, 0.4) is 0 Å². The molecule has 0 amide bonds. The van der Waals surface area contributed by atoms with E-state index in [1.54, 1.807) is 13.2 Å². The van der Waals surface area contributed by atoms with Gasteiger partial charge in [0.05, 0.1) is 18.7 Å². The average molecular weight is 393 g/mol. The summed E-state index contributed by atoms with van der Waals surface area (Å²) in [5.74, 6) is 1.50. The van der Waals surface area contributed by atoms with Crippen LogP contribution in [0.1, 0.15) is 30.4 Å². The first-order valence-electron chi connectivity index (χ1n) is 10.2. The van der Waals surface area contributed by atoms with Gasteiger partial charge in [-0.15, -0.1) is 0 Å². The van der Waals surface area contributed by atoms with Crippen molar-refractivity contribution in [3.63, 3.8) is 0 Å². The largest absolute Gasteiger partial charge is 0.507 e. The lowest BCUT2D eigenvalue weighted by atomic mass is 10.0. The van der Waals surface area contributed by atoms with Crippen LogP contribution in [-0.2, 0) is 17.6 Å². The number of rotatable bonds is 7. The minimum absolute atomic E-state index is 0.105. The van der Waals surface area contributed by atoms with Crippen molar-refractivity contribution in [2.45, 2.75) is 38.2 Å². The SMILES string of the molecule is COc1ccc(CCc2cccc3c(O)cc(OCC4CCCCO4)nc23)cc1. The second-order valence-corrected chi connectivity index (χ2v) is 7.44. The molecule has 1 aliphatic rings. The van der Waals surface area contributed by atoms with Crippen molar-refractivity contribution in [3.8, 4) is 17.4 Å². The average Bonchev–Trinajstić information content (AvgIpc) is 2.77. The summed E-state index contributed by atoms with van der Waals surface area (Å²) in [4.78, 5) is 4.70. The molecule has 2 aromatic carbocycles. The van der Waals surface area contributed by atoms with Crippen LogP contribution in [-0.4, -0.2) is 36.5 Å². The van der Waals surface area contributed by atoms with Gasteiger partial charge in [0.1, 0.15) is 18.1 Å². The Hall–Kier alpha value is -2.79. The van der Waals surface area contributed by atoms with Gasteiger partial charge in [-0.25, -0.2) is 4.98 Å². The van der Waals surface area contributed by atoms with Gasteiger partial charge in [0, 0.05) is 18.1 Å². The highest BCUT2D eigenvalue weighted by atomic mass is 16.5. The fourth-order valence-corrected chi connectivity index (χ4v) is 3.73. The second-order valence-electron chi connectivity index (χ2n) is 7.44. The summed E-state index contributed by atoms with van der Waals surface area (Å²) in [6.45, 7) is 1.26. The molecular formula is C24H27NO4. The van der Waals surface area contributed by atoms with E-state index < -0.39 is 0 Å². The maximum Gasteiger partial charge on any atom is 0.217 e. The number of ether oxygens (including phenoxy) is 3. The molecule has 29 heavy (non-hydrogen) atoms. The smallest absolute Gasteiger partial charge is 0.217 e. The fraction of sp³-hybridized carbons (Fsp3) is 0.375. The Balaban J connectivity index is 1.51. The topological polar surface area (TPSA) is 60.8 Å². The minimum atomic E-state index is 0.105. The molecule has 1 atom stereocenters. The van der Waals surface area contributed by atoms with Crippen molar-refractivity contribution in [1.29, 1.82) is 0 Å². The zero-order chi connectivity index (χ0) is 20.1. The van der Waals surface area contributed by atoms with Gasteiger partial charge >= 0.3 is 0 Å². The number of hydrogen-bond donors (Lipinski definition) is 1. The highest BCUT2D eigenvalue weighted by molar-refractivity contribution is 5.88. The van der Waals surface area contributed by atoms with Gasteiger partial charge in [-0.2, -0.15) is 0 Å². The zero-order valence-electron chi connectivity index (χ0n) is 16.8. The monoisotopic (exact) mass is 393 g/mol. The maximum atomic E-state index is 10.5.